The minimum Gasteiger partial charge on any atom is -0.378 e. The molecular formula is C11H24N2O. The molecule has 0 amide bonds. The largest absolute Gasteiger partial charge is 0.378 e. The van der Waals surface area contributed by atoms with Crippen LogP contribution in [0.2, 0.25) is 0 Å². The summed E-state index contributed by atoms with van der Waals surface area (Å²) in [6, 6.07) is 0. The molecule has 1 heterocycles. The van der Waals surface area contributed by atoms with Gasteiger partial charge in [-0.2, -0.15) is 0 Å². The topological polar surface area (TPSA) is 38.5 Å². The van der Waals surface area contributed by atoms with Gasteiger partial charge in [0.1, 0.15) is 0 Å². The molecule has 0 aromatic rings. The highest BCUT2D eigenvalue weighted by Gasteiger charge is 2.25. The third-order valence-electron chi connectivity index (χ3n) is 3.02. The normalized spacial score (nSPS) is 26.4. The van der Waals surface area contributed by atoms with E-state index >= 15 is 0 Å². The number of nitrogens with zero attached hydrogens (tertiary/aromatic N) is 1. The molecule has 14 heavy (non-hydrogen) atoms. The molecule has 0 aliphatic carbocycles. The first-order chi connectivity index (χ1) is 6.77. The number of hydrogen-bond donors (Lipinski definition) is 1. The molecule has 0 saturated carbocycles. The second-order valence-electron chi connectivity index (χ2n) is 4.24. The zero-order chi connectivity index (χ0) is 10.4. The molecule has 1 aliphatic rings. The lowest BCUT2D eigenvalue weighted by molar-refractivity contribution is -0.00752. The second-order valence-corrected chi connectivity index (χ2v) is 4.24. The van der Waals surface area contributed by atoms with Gasteiger partial charge in [0.25, 0.3) is 0 Å². The first kappa shape index (κ1) is 12.0. The molecule has 3 nitrogen and oxygen atoms in total. The van der Waals surface area contributed by atoms with E-state index in [0.717, 1.165) is 19.6 Å². The van der Waals surface area contributed by atoms with Crippen LogP contribution in [0.3, 0.4) is 0 Å². The Morgan fingerprint density at radius 3 is 2.93 bits per heavy atom. The Hall–Kier alpha value is -0.120. The molecule has 3 heteroatoms. The molecule has 0 aromatic carbocycles. The van der Waals surface area contributed by atoms with Crippen molar-refractivity contribution >= 4 is 0 Å². The van der Waals surface area contributed by atoms with E-state index in [-0.39, 0.29) is 0 Å². The van der Waals surface area contributed by atoms with E-state index in [1.54, 1.807) is 0 Å². The van der Waals surface area contributed by atoms with Crippen molar-refractivity contribution in [3.63, 3.8) is 0 Å². The summed E-state index contributed by atoms with van der Waals surface area (Å²) in [5.74, 6) is 0.692. The monoisotopic (exact) mass is 200 g/mol. The summed E-state index contributed by atoms with van der Waals surface area (Å²) in [5, 5.41) is 0. The van der Waals surface area contributed by atoms with Crippen LogP contribution in [0, 0.1) is 5.92 Å². The molecule has 1 aliphatic heterocycles. The third-order valence-corrected chi connectivity index (χ3v) is 3.02. The van der Waals surface area contributed by atoms with Crippen molar-refractivity contribution in [2.75, 3.05) is 33.3 Å². The minimum atomic E-state index is 0.382. The summed E-state index contributed by atoms with van der Waals surface area (Å²) >= 11 is 0. The minimum absolute atomic E-state index is 0.382. The Bertz CT molecular complexity index is 143. The average molecular weight is 200 g/mol. The van der Waals surface area contributed by atoms with Crippen LogP contribution in [0.5, 0.6) is 0 Å². The average Bonchev–Trinajstić information content (AvgIpc) is 2.17. The zero-order valence-corrected chi connectivity index (χ0v) is 9.54. The second kappa shape index (κ2) is 6.38. The van der Waals surface area contributed by atoms with Gasteiger partial charge in [0.2, 0.25) is 0 Å². The highest BCUT2D eigenvalue weighted by Crippen LogP contribution is 2.22. The first-order valence-electron chi connectivity index (χ1n) is 5.78. The lowest BCUT2D eigenvalue weighted by Crippen LogP contribution is -2.40. The summed E-state index contributed by atoms with van der Waals surface area (Å²) in [6.45, 7) is 6.02. The molecule has 84 valence electrons. The van der Waals surface area contributed by atoms with Crippen LogP contribution in [0.4, 0.5) is 0 Å². The van der Waals surface area contributed by atoms with Gasteiger partial charge in [-0.25, -0.2) is 0 Å². The Labute approximate surface area is 87.6 Å². The van der Waals surface area contributed by atoms with Gasteiger partial charge in [-0.3, -0.25) is 0 Å². The highest BCUT2D eigenvalue weighted by molar-refractivity contribution is 4.78. The Balaban J connectivity index is 2.39. The smallest absolute Gasteiger partial charge is 0.0627 e. The van der Waals surface area contributed by atoms with Gasteiger partial charge >= 0.3 is 0 Å². The van der Waals surface area contributed by atoms with Crippen molar-refractivity contribution in [2.24, 2.45) is 11.7 Å². The lowest BCUT2D eigenvalue weighted by atomic mass is 9.91. The van der Waals surface area contributed by atoms with Crippen molar-refractivity contribution in [2.45, 2.75) is 32.3 Å². The Morgan fingerprint density at radius 1 is 1.57 bits per heavy atom. The van der Waals surface area contributed by atoms with Gasteiger partial charge in [-0.15, -0.1) is 0 Å². The standard InChI is InChI=1S/C11H24N2O/c1-3-14-11(6-7-12)10-5-4-8-13(2)9-10/h10-11H,3-9,12H2,1-2H3. The predicted octanol–water partition coefficient (Wildman–Crippen LogP) is 1.08. The van der Waals surface area contributed by atoms with Gasteiger partial charge in [-0.05, 0) is 52.2 Å². The summed E-state index contributed by atoms with van der Waals surface area (Å²) < 4.78 is 5.76. The molecule has 1 saturated heterocycles. The van der Waals surface area contributed by atoms with E-state index in [2.05, 4.69) is 18.9 Å². The van der Waals surface area contributed by atoms with E-state index in [4.69, 9.17) is 10.5 Å². The Morgan fingerprint density at radius 2 is 2.36 bits per heavy atom. The van der Waals surface area contributed by atoms with Gasteiger partial charge in [0.05, 0.1) is 6.10 Å². The van der Waals surface area contributed by atoms with Crippen molar-refractivity contribution in [3.8, 4) is 0 Å². The molecule has 0 radical (unpaired) electrons. The molecule has 2 atom stereocenters. The van der Waals surface area contributed by atoms with E-state index in [1.807, 2.05) is 0 Å². The maximum absolute atomic E-state index is 5.76. The van der Waals surface area contributed by atoms with E-state index in [0.29, 0.717) is 12.0 Å². The fourth-order valence-electron chi connectivity index (χ4n) is 2.34. The van der Waals surface area contributed by atoms with Crippen molar-refractivity contribution < 1.29 is 4.74 Å². The molecule has 0 spiro atoms. The zero-order valence-electron chi connectivity index (χ0n) is 9.54. The third kappa shape index (κ3) is 3.56. The van der Waals surface area contributed by atoms with Crippen molar-refractivity contribution in [1.82, 2.24) is 4.90 Å². The lowest BCUT2D eigenvalue weighted by Gasteiger charge is -2.34. The van der Waals surface area contributed by atoms with Gasteiger partial charge in [0.15, 0.2) is 0 Å². The molecule has 2 unspecified atom stereocenters. The van der Waals surface area contributed by atoms with Crippen LogP contribution >= 0.6 is 0 Å². The van der Waals surface area contributed by atoms with Crippen molar-refractivity contribution in [1.29, 1.82) is 0 Å². The van der Waals surface area contributed by atoms with E-state index < -0.39 is 0 Å². The van der Waals surface area contributed by atoms with Gasteiger partial charge in [0, 0.05) is 13.2 Å². The summed E-state index contributed by atoms with van der Waals surface area (Å²) in [5.41, 5.74) is 5.61. The number of nitrogens with two attached hydrogens (primary N) is 1. The van der Waals surface area contributed by atoms with Crippen LogP contribution < -0.4 is 5.73 Å². The van der Waals surface area contributed by atoms with Crippen LogP contribution in [-0.4, -0.2) is 44.3 Å². The molecule has 1 fully saturated rings. The Kier molecular flexibility index (Phi) is 5.45. The predicted molar refractivity (Wildman–Crippen MR) is 59.3 cm³/mol. The molecule has 2 N–H and O–H groups in total. The summed E-state index contributed by atoms with van der Waals surface area (Å²) in [6.07, 6.45) is 3.99. The summed E-state index contributed by atoms with van der Waals surface area (Å²) in [7, 11) is 2.19. The summed E-state index contributed by atoms with van der Waals surface area (Å²) in [4.78, 5) is 2.40. The van der Waals surface area contributed by atoms with Gasteiger partial charge in [-0.1, -0.05) is 0 Å². The maximum Gasteiger partial charge on any atom is 0.0627 e. The fourth-order valence-corrected chi connectivity index (χ4v) is 2.34. The quantitative estimate of drug-likeness (QED) is 0.722. The molecule has 0 aromatic heterocycles. The fraction of sp³-hybridized carbons (Fsp3) is 1.00. The van der Waals surface area contributed by atoms with Crippen LogP contribution in [0.25, 0.3) is 0 Å². The number of hydrogen-bond acceptors (Lipinski definition) is 3. The molecule has 1 rings (SSSR count). The molecular weight excluding hydrogens is 176 g/mol. The number of piperidine rings is 1. The van der Waals surface area contributed by atoms with E-state index in [9.17, 15) is 0 Å². The number of rotatable bonds is 5. The van der Waals surface area contributed by atoms with E-state index in [1.165, 1.54) is 25.9 Å². The number of ether oxygens (including phenoxy) is 1. The first-order valence-corrected chi connectivity index (χ1v) is 5.78. The van der Waals surface area contributed by atoms with Crippen molar-refractivity contribution in [3.05, 3.63) is 0 Å². The van der Waals surface area contributed by atoms with Crippen LogP contribution in [0.15, 0.2) is 0 Å². The number of likely N-dealkylation sites (tertiary alicyclic amines) is 1. The SMILES string of the molecule is CCOC(CCN)C1CCCN(C)C1. The highest BCUT2D eigenvalue weighted by atomic mass is 16.5. The van der Waals surface area contributed by atoms with Crippen LogP contribution in [-0.2, 0) is 4.74 Å². The van der Waals surface area contributed by atoms with Crippen LogP contribution in [0.1, 0.15) is 26.2 Å². The maximum atomic E-state index is 5.76. The van der Waals surface area contributed by atoms with Gasteiger partial charge < -0.3 is 15.4 Å². The molecule has 0 bridgehead atoms.